The largest absolute Gasteiger partial charge is 0.368 e. The van der Waals surface area contributed by atoms with Crippen LogP contribution in [0, 0.1) is 0 Å². The van der Waals surface area contributed by atoms with Crippen LogP contribution in [0.3, 0.4) is 0 Å². The second kappa shape index (κ2) is 5.84. The molecule has 0 radical (unpaired) electrons. The Balaban J connectivity index is 2.34. The fourth-order valence-electron chi connectivity index (χ4n) is 2.11. The number of nitrogens with one attached hydrogen (secondary N) is 1. The van der Waals surface area contributed by atoms with Gasteiger partial charge in [-0.05, 0) is 42.7 Å². The van der Waals surface area contributed by atoms with Crippen LogP contribution in [0.1, 0.15) is 26.3 Å². The second-order valence-corrected chi connectivity index (χ2v) is 5.57. The molecule has 1 aliphatic rings. The van der Waals surface area contributed by atoms with E-state index in [1.807, 2.05) is 13.8 Å². The minimum atomic E-state index is -0.0558. The van der Waals surface area contributed by atoms with Crippen LogP contribution in [0.5, 0.6) is 0 Å². The lowest BCUT2D eigenvalue weighted by molar-refractivity contribution is 0.500. The quantitative estimate of drug-likeness (QED) is 0.896. The first-order valence-corrected chi connectivity index (χ1v) is 7.13. The number of hydrogen-bond donors (Lipinski definition) is 1. The van der Waals surface area contributed by atoms with Gasteiger partial charge in [-0.25, -0.2) is 4.68 Å². The molecule has 1 fully saturated rings. The number of nitrogens with zero attached hydrogens (tertiary/aromatic N) is 3. The van der Waals surface area contributed by atoms with Gasteiger partial charge >= 0.3 is 0 Å². The molecule has 1 saturated heterocycles. The first-order chi connectivity index (χ1) is 8.61. The average Bonchev–Trinajstić information content (AvgIpc) is 2.60. The molecule has 0 saturated carbocycles. The van der Waals surface area contributed by atoms with E-state index in [0.717, 1.165) is 38.3 Å². The Bertz CT molecular complexity index is 464. The normalized spacial score (nSPS) is 17.0. The predicted octanol–water partition coefficient (Wildman–Crippen LogP) is 1.39. The molecule has 100 valence electrons. The molecular formula is C12H19BrN4O. The Morgan fingerprint density at radius 3 is 2.89 bits per heavy atom. The van der Waals surface area contributed by atoms with Crippen LogP contribution in [0.15, 0.2) is 15.5 Å². The van der Waals surface area contributed by atoms with Crippen molar-refractivity contribution in [3.8, 4) is 0 Å². The summed E-state index contributed by atoms with van der Waals surface area (Å²) in [5.74, 6) is 0. The highest BCUT2D eigenvalue weighted by Crippen LogP contribution is 2.22. The molecule has 5 nitrogen and oxygen atoms in total. The molecule has 0 amide bonds. The van der Waals surface area contributed by atoms with E-state index < -0.39 is 0 Å². The molecule has 1 aromatic rings. The Hall–Kier alpha value is -0.880. The van der Waals surface area contributed by atoms with Gasteiger partial charge in [0, 0.05) is 19.6 Å². The van der Waals surface area contributed by atoms with Gasteiger partial charge in [0.1, 0.15) is 4.47 Å². The van der Waals surface area contributed by atoms with E-state index in [-0.39, 0.29) is 11.6 Å². The Morgan fingerprint density at radius 2 is 2.17 bits per heavy atom. The molecule has 0 unspecified atom stereocenters. The number of anilines is 1. The van der Waals surface area contributed by atoms with Crippen LogP contribution in [0.2, 0.25) is 0 Å². The summed E-state index contributed by atoms with van der Waals surface area (Å²) in [5, 5.41) is 7.61. The lowest BCUT2D eigenvalue weighted by atomic mass is 10.3. The highest BCUT2D eigenvalue weighted by atomic mass is 79.9. The topological polar surface area (TPSA) is 50.2 Å². The van der Waals surface area contributed by atoms with Crippen molar-refractivity contribution in [2.24, 2.45) is 0 Å². The molecule has 0 spiro atoms. The van der Waals surface area contributed by atoms with Crippen molar-refractivity contribution in [2.45, 2.75) is 26.3 Å². The van der Waals surface area contributed by atoms with Gasteiger partial charge in [0.05, 0.1) is 17.9 Å². The SMILES string of the molecule is CC(C)n1ncc(N2CCCNCC2)c(Br)c1=O. The molecule has 1 N–H and O–H groups in total. The maximum Gasteiger partial charge on any atom is 0.283 e. The summed E-state index contributed by atoms with van der Waals surface area (Å²) in [6.07, 6.45) is 2.87. The molecule has 0 bridgehead atoms. The van der Waals surface area contributed by atoms with Gasteiger partial charge in [-0.1, -0.05) is 0 Å². The Morgan fingerprint density at radius 1 is 1.39 bits per heavy atom. The lowest BCUT2D eigenvalue weighted by Crippen LogP contribution is -2.32. The van der Waals surface area contributed by atoms with Crippen LogP contribution in [0.4, 0.5) is 5.69 Å². The van der Waals surface area contributed by atoms with Gasteiger partial charge in [0.15, 0.2) is 0 Å². The summed E-state index contributed by atoms with van der Waals surface area (Å²) in [7, 11) is 0. The zero-order valence-electron chi connectivity index (χ0n) is 10.8. The molecule has 1 aliphatic heterocycles. The van der Waals surface area contributed by atoms with Crippen molar-refractivity contribution in [3.05, 3.63) is 21.0 Å². The van der Waals surface area contributed by atoms with Crippen LogP contribution >= 0.6 is 15.9 Å². The molecule has 0 aromatic carbocycles. The van der Waals surface area contributed by atoms with Crippen molar-refractivity contribution in [1.29, 1.82) is 0 Å². The third kappa shape index (κ3) is 2.75. The van der Waals surface area contributed by atoms with Crippen molar-refractivity contribution in [3.63, 3.8) is 0 Å². The van der Waals surface area contributed by atoms with Crippen LogP contribution in [-0.2, 0) is 0 Å². The van der Waals surface area contributed by atoms with Crippen molar-refractivity contribution in [2.75, 3.05) is 31.1 Å². The fraction of sp³-hybridized carbons (Fsp3) is 0.667. The number of aromatic nitrogens is 2. The monoisotopic (exact) mass is 314 g/mol. The molecule has 0 aliphatic carbocycles. The lowest BCUT2D eigenvalue weighted by Gasteiger charge is -2.23. The van der Waals surface area contributed by atoms with Gasteiger partial charge in [-0.15, -0.1) is 0 Å². The summed E-state index contributed by atoms with van der Waals surface area (Å²) in [5.41, 5.74) is 0.848. The van der Waals surface area contributed by atoms with Crippen molar-refractivity contribution in [1.82, 2.24) is 15.1 Å². The van der Waals surface area contributed by atoms with E-state index >= 15 is 0 Å². The summed E-state index contributed by atoms with van der Waals surface area (Å²) >= 11 is 3.42. The highest BCUT2D eigenvalue weighted by molar-refractivity contribution is 9.10. The third-order valence-electron chi connectivity index (χ3n) is 3.10. The maximum absolute atomic E-state index is 12.2. The van der Waals surface area contributed by atoms with Gasteiger partial charge in [0.2, 0.25) is 0 Å². The number of rotatable bonds is 2. The zero-order valence-corrected chi connectivity index (χ0v) is 12.4. The summed E-state index contributed by atoms with van der Waals surface area (Å²) in [6.45, 7) is 7.75. The molecule has 2 rings (SSSR count). The summed E-state index contributed by atoms with van der Waals surface area (Å²) in [6, 6.07) is 0.0775. The predicted molar refractivity (Wildman–Crippen MR) is 76.3 cm³/mol. The van der Waals surface area contributed by atoms with Gasteiger partial charge in [-0.3, -0.25) is 4.79 Å². The first kappa shape index (κ1) is 13.5. The van der Waals surface area contributed by atoms with Gasteiger partial charge in [0.25, 0.3) is 5.56 Å². The van der Waals surface area contributed by atoms with E-state index in [9.17, 15) is 4.79 Å². The molecule has 18 heavy (non-hydrogen) atoms. The minimum absolute atomic E-state index is 0.0558. The molecule has 0 atom stereocenters. The number of hydrogen-bond acceptors (Lipinski definition) is 4. The minimum Gasteiger partial charge on any atom is -0.368 e. The van der Waals surface area contributed by atoms with E-state index in [1.165, 1.54) is 4.68 Å². The van der Waals surface area contributed by atoms with Gasteiger partial charge in [-0.2, -0.15) is 5.10 Å². The number of halogens is 1. The van der Waals surface area contributed by atoms with E-state index in [2.05, 4.69) is 31.2 Å². The van der Waals surface area contributed by atoms with Crippen LogP contribution in [-0.4, -0.2) is 36.0 Å². The van der Waals surface area contributed by atoms with Crippen LogP contribution < -0.4 is 15.8 Å². The molecule has 1 aromatic heterocycles. The summed E-state index contributed by atoms with van der Waals surface area (Å²) < 4.78 is 2.12. The molecule has 6 heteroatoms. The molecule has 2 heterocycles. The maximum atomic E-state index is 12.2. The smallest absolute Gasteiger partial charge is 0.283 e. The van der Waals surface area contributed by atoms with E-state index in [1.54, 1.807) is 6.20 Å². The fourth-order valence-corrected chi connectivity index (χ4v) is 2.65. The first-order valence-electron chi connectivity index (χ1n) is 6.34. The van der Waals surface area contributed by atoms with Crippen molar-refractivity contribution >= 4 is 21.6 Å². The van der Waals surface area contributed by atoms with E-state index in [0.29, 0.717) is 4.47 Å². The second-order valence-electron chi connectivity index (χ2n) is 4.78. The Labute approximate surface area is 115 Å². The Kier molecular flexibility index (Phi) is 4.40. The summed E-state index contributed by atoms with van der Waals surface area (Å²) in [4.78, 5) is 14.4. The van der Waals surface area contributed by atoms with Crippen molar-refractivity contribution < 1.29 is 0 Å². The molecular weight excluding hydrogens is 296 g/mol. The zero-order chi connectivity index (χ0) is 13.1. The highest BCUT2D eigenvalue weighted by Gasteiger charge is 2.17. The standard InChI is InChI=1S/C12H19BrN4O/c1-9(2)17-12(18)11(13)10(8-15-17)16-6-3-4-14-5-7-16/h8-9,14H,3-7H2,1-2H3. The van der Waals surface area contributed by atoms with Gasteiger partial charge < -0.3 is 10.2 Å². The van der Waals surface area contributed by atoms with Crippen LogP contribution in [0.25, 0.3) is 0 Å². The average molecular weight is 315 g/mol. The van der Waals surface area contributed by atoms with E-state index in [4.69, 9.17) is 0 Å². The third-order valence-corrected chi connectivity index (χ3v) is 3.84.